The van der Waals surface area contributed by atoms with Gasteiger partial charge in [-0.25, -0.2) is 4.79 Å². The highest BCUT2D eigenvalue weighted by molar-refractivity contribution is 5.97. The molecule has 6 heteroatoms. The number of ether oxygens (including phenoxy) is 2. The molecule has 2 aromatic heterocycles. The summed E-state index contributed by atoms with van der Waals surface area (Å²) in [7, 11) is 1.56. The monoisotopic (exact) mass is 357 g/mol. The predicted molar refractivity (Wildman–Crippen MR) is 98.5 cm³/mol. The van der Waals surface area contributed by atoms with Crippen molar-refractivity contribution in [3.63, 3.8) is 0 Å². The Morgan fingerprint density at radius 2 is 1.96 bits per heavy atom. The van der Waals surface area contributed by atoms with E-state index in [9.17, 15) is 15.3 Å². The number of methoxy groups -OCH3 is 1. The molecule has 3 rings (SSSR count). The Bertz CT molecular complexity index is 1100. The van der Waals surface area contributed by atoms with Crippen LogP contribution in [0.5, 0.6) is 5.75 Å². The lowest BCUT2D eigenvalue weighted by Gasteiger charge is -2.03. The summed E-state index contributed by atoms with van der Waals surface area (Å²) in [5.41, 5.74) is 2.32. The van der Waals surface area contributed by atoms with Crippen LogP contribution in [0.4, 0.5) is 0 Å². The molecule has 1 aromatic carbocycles. The van der Waals surface area contributed by atoms with Gasteiger partial charge in [0, 0.05) is 18.0 Å². The van der Waals surface area contributed by atoms with Gasteiger partial charge in [-0.05, 0) is 35.9 Å². The number of nitrogens with zero attached hydrogens (tertiary/aromatic N) is 3. The van der Waals surface area contributed by atoms with Gasteiger partial charge in [0.2, 0.25) is 0 Å². The largest absolute Gasteiger partial charge is 0.497 e. The molecule has 6 nitrogen and oxygen atoms in total. The molecule has 0 aliphatic carbocycles. The Kier molecular flexibility index (Phi) is 5.20. The molecule has 27 heavy (non-hydrogen) atoms. The van der Waals surface area contributed by atoms with E-state index in [0.29, 0.717) is 22.4 Å². The molecule has 0 saturated heterocycles. The molecule has 0 unspecified atom stereocenters. The highest BCUT2D eigenvalue weighted by Gasteiger charge is 2.15. The number of esters is 1. The normalized spacial score (nSPS) is 10.9. The zero-order chi connectivity index (χ0) is 19.2. The number of pyridine rings is 1. The van der Waals surface area contributed by atoms with Crippen molar-refractivity contribution in [3.05, 3.63) is 77.1 Å². The number of hydrogen-bond donors (Lipinski definition) is 0. The summed E-state index contributed by atoms with van der Waals surface area (Å²) >= 11 is 0. The standard InChI is InChI=1S/C21H15N3O3/c1-26-18-7-5-15(6-8-18)10-16(11-22)21(25)27-14-17-13-24-9-3-2-4-20(24)19(17)12-23/h2-10,13H,14H2,1H3/b16-10+. The van der Waals surface area contributed by atoms with E-state index in [-0.39, 0.29) is 12.2 Å². The van der Waals surface area contributed by atoms with E-state index in [0.717, 1.165) is 5.52 Å². The molecular formula is C21H15N3O3. The molecule has 0 saturated carbocycles. The fourth-order valence-electron chi connectivity index (χ4n) is 2.64. The maximum absolute atomic E-state index is 12.3. The average Bonchev–Trinajstić information content (AvgIpc) is 3.08. The number of carbonyl (C=O) groups is 1. The Morgan fingerprint density at radius 3 is 2.63 bits per heavy atom. The minimum atomic E-state index is -0.743. The van der Waals surface area contributed by atoms with E-state index in [1.807, 2.05) is 30.5 Å². The maximum Gasteiger partial charge on any atom is 0.349 e. The maximum atomic E-state index is 12.3. The second-order valence-corrected chi connectivity index (χ2v) is 5.65. The van der Waals surface area contributed by atoms with Crippen molar-refractivity contribution in [2.75, 3.05) is 7.11 Å². The quantitative estimate of drug-likeness (QED) is 0.396. The van der Waals surface area contributed by atoms with Gasteiger partial charge < -0.3 is 13.9 Å². The van der Waals surface area contributed by atoms with Crippen molar-refractivity contribution in [1.29, 1.82) is 10.5 Å². The molecule has 0 aliphatic heterocycles. The third-order valence-electron chi connectivity index (χ3n) is 4.00. The van der Waals surface area contributed by atoms with Crippen LogP contribution in [0.15, 0.2) is 60.4 Å². The number of hydrogen-bond acceptors (Lipinski definition) is 5. The molecule has 0 spiro atoms. The first-order valence-corrected chi connectivity index (χ1v) is 8.08. The number of aromatic nitrogens is 1. The molecule has 2 heterocycles. The molecule has 0 radical (unpaired) electrons. The van der Waals surface area contributed by atoms with Gasteiger partial charge in [0.15, 0.2) is 0 Å². The zero-order valence-corrected chi connectivity index (χ0v) is 14.5. The van der Waals surface area contributed by atoms with Gasteiger partial charge >= 0.3 is 5.97 Å². The second-order valence-electron chi connectivity index (χ2n) is 5.65. The molecular weight excluding hydrogens is 342 g/mol. The van der Waals surface area contributed by atoms with E-state index >= 15 is 0 Å². The van der Waals surface area contributed by atoms with Crippen LogP contribution < -0.4 is 4.74 Å². The van der Waals surface area contributed by atoms with Crippen LogP contribution in [0.1, 0.15) is 16.7 Å². The first kappa shape index (κ1) is 17.8. The fraction of sp³-hybridized carbons (Fsp3) is 0.0952. The topological polar surface area (TPSA) is 87.5 Å². The zero-order valence-electron chi connectivity index (χ0n) is 14.5. The van der Waals surface area contributed by atoms with Crippen LogP contribution in [0, 0.1) is 22.7 Å². The molecule has 3 aromatic rings. The molecule has 0 fully saturated rings. The lowest BCUT2D eigenvalue weighted by molar-refractivity contribution is -0.139. The Hall–Kier alpha value is -4.03. The Balaban J connectivity index is 1.77. The molecule has 0 N–H and O–H groups in total. The van der Waals surface area contributed by atoms with Crippen LogP contribution in [-0.4, -0.2) is 17.5 Å². The van der Waals surface area contributed by atoms with Crippen LogP contribution in [0.3, 0.4) is 0 Å². The van der Waals surface area contributed by atoms with E-state index < -0.39 is 5.97 Å². The molecule has 132 valence electrons. The number of carbonyl (C=O) groups excluding carboxylic acids is 1. The first-order chi connectivity index (χ1) is 13.2. The Labute approximate surface area is 156 Å². The highest BCUT2D eigenvalue weighted by atomic mass is 16.5. The number of nitriles is 2. The van der Waals surface area contributed by atoms with Crippen molar-refractivity contribution in [2.45, 2.75) is 6.61 Å². The minimum Gasteiger partial charge on any atom is -0.497 e. The van der Waals surface area contributed by atoms with Gasteiger partial charge in [-0.3, -0.25) is 0 Å². The van der Waals surface area contributed by atoms with E-state index in [2.05, 4.69) is 6.07 Å². The van der Waals surface area contributed by atoms with Crippen LogP contribution in [0.2, 0.25) is 0 Å². The predicted octanol–water partition coefficient (Wildman–Crippen LogP) is 3.47. The van der Waals surface area contributed by atoms with Crippen LogP contribution in [0.25, 0.3) is 11.6 Å². The first-order valence-electron chi connectivity index (χ1n) is 8.08. The van der Waals surface area contributed by atoms with Gasteiger partial charge in [0.25, 0.3) is 0 Å². The molecule has 0 bridgehead atoms. The second kappa shape index (κ2) is 7.90. The van der Waals surface area contributed by atoms with Crippen molar-refractivity contribution in [2.24, 2.45) is 0 Å². The van der Waals surface area contributed by atoms with Crippen LogP contribution in [-0.2, 0) is 16.1 Å². The molecule has 0 atom stereocenters. The molecule has 0 amide bonds. The van der Waals surface area contributed by atoms with E-state index in [4.69, 9.17) is 9.47 Å². The summed E-state index contributed by atoms with van der Waals surface area (Å²) in [5.74, 6) is -0.0643. The summed E-state index contributed by atoms with van der Waals surface area (Å²) in [5, 5.41) is 18.7. The van der Waals surface area contributed by atoms with Crippen molar-refractivity contribution >= 4 is 17.6 Å². The van der Waals surface area contributed by atoms with Crippen LogP contribution >= 0.6 is 0 Å². The van der Waals surface area contributed by atoms with Gasteiger partial charge in [0.1, 0.15) is 30.1 Å². The SMILES string of the molecule is COc1ccc(/C=C(\C#N)C(=O)OCc2cn3ccccc3c2C#N)cc1. The number of benzene rings is 1. The van der Waals surface area contributed by atoms with Crippen molar-refractivity contribution in [3.8, 4) is 17.9 Å². The fourth-order valence-corrected chi connectivity index (χ4v) is 2.64. The van der Waals surface area contributed by atoms with Gasteiger partial charge in [-0.2, -0.15) is 10.5 Å². The summed E-state index contributed by atoms with van der Waals surface area (Å²) in [6.07, 6.45) is 5.00. The Morgan fingerprint density at radius 1 is 1.19 bits per heavy atom. The average molecular weight is 357 g/mol. The summed E-state index contributed by atoms with van der Waals surface area (Å²) in [4.78, 5) is 12.3. The number of fused-ring (bicyclic) bond motifs is 1. The smallest absolute Gasteiger partial charge is 0.349 e. The summed E-state index contributed by atoms with van der Waals surface area (Å²) < 4.78 is 12.1. The van der Waals surface area contributed by atoms with E-state index in [1.165, 1.54) is 6.08 Å². The lowest BCUT2D eigenvalue weighted by atomic mass is 10.1. The summed E-state index contributed by atoms with van der Waals surface area (Å²) in [6.45, 7) is -0.0922. The van der Waals surface area contributed by atoms with Gasteiger partial charge in [-0.1, -0.05) is 18.2 Å². The van der Waals surface area contributed by atoms with Gasteiger partial charge in [0.05, 0.1) is 18.2 Å². The summed E-state index contributed by atoms with van der Waals surface area (Å²) in [6, 6.07) is 16.4. The van der Waals surface area contributed by atoms with Crippen molar-refractivity contribution < 1.29 is 14.3 Å². The molecule has 0 aliphatic rings. The van der Waals surface area contributed by atoms with E-state index in [1.54, 1.807) is 42.0 Å². The third kappa shape index (κ3) is 3.81. The third-order valence-corrected chi connectivity index (χ3v) is 4.00. The highest BCUT2D eigenvalue weighted by Crippen LogP contribution is 2.19. The lowest BCUT2D eigenvalue weighted by Crippen LogP contribution is -2.07. The minimum absolute atomic E-state index is 0.0922. The van der Waals surface area contributed by atoms with Gasteiger partial charge in [-0.15, -0.1) is 0 Å². The van der Waals surface area contributed by atoms with Crippen molar-refractivity contribution in [1.82, 2.24) is 4.40 Å². The number of rotatable bonds is 5.